The van der Waals surface area contributed by atoms with Crippen LogP contribution in [0.25, 0.3) is 0 Å². The molecule has 23 nitrogen and oxygen atoms in total. The van der Waals surface area contributed by atoms with E-state index in [9.17, 15) is 43.2 Å². The molecule has 92 heavy (non-hydrogen) atoms. The van der Waals surface area contributed by atoms with E-state index < -0.39 is 114 Å². The molecule has 0 saturated heterocycles. The molecule has 0 aromatic heterocycles. The number of ether oxygens (including phenoxy) is 14. The van der Waals surface area contributed by atoms with E-state index in [-0.39, 0.29) is 115 Å². The van der Waals surface area contributed by atoms with E-state index in [0.717, 1.165) is 37.4 Å². The zero-order chi connectivity index (χ0) is 70.3. The Morgan fingerprint density at radius 3 is 0.924 bits per heavy atom. The second kappa shape index (κ2) is 44.9. The monoisotopic (exact) mass is 1480 g/mol. The first-order valence-corrected chi connectivity index (χ1v) is 34.6. The van der Waals surface area contributed by atoms with Crippen molar-refractivity contribution >= 4 is 114 Å². The number of thiocarbonyl (C=S) groups is 1. The van der Waals surface area contributed by atoms with E-state index in [1.54, 1.807) is 27.7 Å². The number of alkyl halides is 2. The van der Waals surface area contributed by atoms with Gasteiger partial charge in [-0.1, -0.05) is 108 Å². The van der Waals surface area contributed by atoms with Crippen molar-refractivity contribution in [2.45, 2.75) is 194 Å². The Morgan fingerprint density at radius 2 is 0.598 bits per heavy atom. The van der Waals surface area contributed by atoms with Crippen LogP contribution in [0.15, 0.2) is 0 Å². The highest BCUT2D eigenvalue weighted by Gasteiger charge is 2.56. The van der Waals surface area contributed by atoms with E-state index in [2.05, 4.69) is 38.8 Å². The molecule has 0 N–H and O–H groups in total. The van der Waals surface area contributed by atoms with E-state index in [1.807, 2.05) is 0 Å². The van der Waals surface area contributed by atoms with Crippen LogP contribution < -0.4 is 0 Å². The molecule has 0 spiro atoms. The number of carbonyl (C=O) groups excluding carboxylic acids is 9. The van der Waals surface area contributed by atoms with Crippen LogP contribution in [-0.2, 0) is 109 Å². The average Bonchev–Trinajstić information content (AvgIpc) is 0.789. The van der Waals surface area contributed by atoms with Gasteiger partial charge in [0.25, 0.3) is 0 Å². The number of esters is 9. The maximum Gasteiger partial charge on any atom is 0.322 e. The van der Waals surface area contributed by atoms with Crippen molar-refractivity contribution in [3.63, 3.8) is 0 Å². The van der Waals surface area contributed by atoms with Gasteiger partial charge in [-0.2, -0.15) is 0 Å². The summed E-state index contributed by atoms with van der Waals surface area (Å²) in [5.74, 6) is -7.14. The summed E-state index contributed by atoms with van der Waals surface area (Å²) < 4.78 is 73.4. The lowest BCUT2D eigenvalue weighted by Crippen LogP contribution is -2.48. The van der Waals surface area contributed by atoms with Gasteiger partial charge in [0, 0.05) is 28.4 Å². The fourth-order valence-corrected chi connectivity index (χ4v) is 13.4. The Labute approximate surface area is 573 Å². The van der Waals surface area contributed by atoms with E-state index in [1.165, 1.54) is 109 Å². The van der Waals surface area contributed by atoms with Crippen molar-refractivity contribution < 1.29 is 109 Å². The van der Waals surface area contributed by atoms with Gasteiger partial charge in [-0.05, 0) is 133 Å². The second-order valence-corrected chi connectivity index (χ2v) is 31.0. The third-order valence-corrected chi connectivity index (χ3v) is 17.5. The highest BCUT2D eigenvalue weighted by Crippen LogP contribution is 2.51. The number of hydrogen-bond donors (Lipinski definition) is 0. The molecule has 0 aliphatic rings. The molecular weight excluding hydrogens is 1370 g/mol. The summed E-state index contributed by atoms with van der Waals surface area (Å²) >= 11 is 13.0. The molecule has 27 heteroatoms. The summed E-state index contributed by atoms with van der Waals surface area (Å²) in [5.41, 5.74) is -9.75. The molecule has 0 heterocycles. The molecule has 6 unspecified atom stereocenters. The maximum atomic E-state index is 15.0. The summed E-state index contributed by atoms with van der Waals surface area (Å²) in [4.78, 5) is 126. The average molecular weight is 1480 g/mol. The molecule has 0 bridgehead atoms. The van der Waals surface area contributed by atoms with E-state index >= 15 is 0 Å². The zero-order valence-corrected chi connectivity index (χ0v) is 62.7. The van der Waals surface area contributed by atoms with E-state index in [4.69, 9.17) is 78.5 Å². The molecule has 534 valence electrons. The summed E-state index contributed by atoms with van der Waals surface area (Å²) in [7, 11) is 5.71. The SMILES string of the molecule is CCCCCCCCCCCCOC(=O)C(C)(C)CC(C)(CC(C)(CC(C)(Br)C(=O)OCCOC)C(=O)OCCOC(=O)C(C)(CC(C)(Br)C(=O)OCCOC)CC(C)(CC(C)(C)C(=O)OCCOC(=O)CSC(=S)OCC)C(=O)OCCOC)C(=O)OCCOC. The Kier molecular flexibility index (Phi) is 43.1. The first-order valence-electron chi connectivity index (χ1n) is 31.6. The lowest BCUT2D eigenvalue weighted by molar-refractivity contribution is -0.176. The molecule has 0 rings (SSSR count). The maximum absolute atomic E-state index is 15.0. The van der Waals surface area contributed by atoms with Gasteiger partial charge in [0.1, 0.15) is 61.5 Å². The Morgan fingerprint density at radius 1 is 0.326 bits per heavy atom. The lowest BCUT2D eigenvalue weighted by Gasteiger charge is -2.42. The quantitative estimate of drug-likeness (QED) is 0.0180. The van der Waals surface area contributed by atoms with Crippen LogP contribution in [0.2, 0.25) is 0 Å². The number of rotatable bonds is 52. The molecule has 0 radical (unpaired) electrons. The van der Waals surface area contributed by atoms with Gasteiger partial charge in [0.2, 0.25) is 4.38 Å². The lowest BCUT2D eigenvalue weighted by atomic mass is 9.63. The van der Waals surface area contributed by atoms with Crippen LogP contribution in [0, 0.1) is 32.5 Å². The van der Waals surface area contributed by atoms with Gasteiger partial charge in [-0.15, -0.1) is 0 Å². The minimum atomic E-state index is -1.82. The van der Waals surface area contributed by atoms with Crippen molar-refractivity contribution in [1.29, 1.82) is 0 Å². The third-order valence-electron chi connectivity index (χ3n) is 15.1. The molecule has 6 atom stereocenters. The topological polar surface area (TPSA) is 283 Å². The standard InChI is InChI=1S/C65H110Br2O23S2/c1-17-19-20-21-22-23-24-25-26-27-28-83-49(69)58(3,4)42-60(7,51(71)85-33-29-77-13)44-62(9,46-64(11,66)55(75)89-35-31-79-15)53(73)87-39-40-88-54(74)63(10,47-65(12,67)56(76)90-36-32-80-16)45-61(8,52(72)86-34-30-78-14)43-59(5,6)50(70)84-38-37-82-48(68)41-92-57(91)81-18-2/h17-47H2,1-16H3. The molecule has 0 aliphatic heterocycles. The van der Waals surface area contributed by atoms with Crippen LogP contribution in [0.4, 0.5) is 0 Å². The van der Waals surface area contributed by atoms with Crippen molar-refractivity contribution in [2.24, 2.45) is 32.5 Å². The molecule has 0 fully saturated rings. The van der Waals surface area contributed by atoms with Crippen molar-refractivity contribution in [1.82, 2.24) is 0 Å². The Bertz CT molecular complexity index is 2280. The van der Waals surface area contributed by atoms with Crippen LogP contribution in [-0.4, -0.2) is 193 Å². The first-order chi connectivity index (χ1) is 43.0. The van der Waals surface area contributed by atoms with Crippen molar-refractivity contribution in [3.05, 3.63) is 0 Å². The number of halogens is 2. The normalized spacial score (nSPS) is 15.6. The predicted octanol–water partition coefficient (Wildman–Crippen LogP) is 11.2. The largest absolute Gasteiger partial charge is 0.479 e. The number of unbranched alkanes of at least 4 members (excludes halogenated alkanes) is 9. The minimum Gasteiger partial charge on any atom is -0.479 e. The number of carbonyl (C=O) groups is 9. The molecule has 0 aromatic rings. The van der Waals surface area contributed by atoms with Gasteiger partial charge in [0.05, 0.1) is 77.9 Å². The fourth-order valence-electron chi connectivity index (χ4n) is 11.1. The van der Waals surface area contributed by atoms with Crippen LogP contribution >= 0.6 is 55.8 Å². The van der Waals surface area contributed by atoms with Crippen molar-refractivity contribution in [2.75, 3.05) is 127 Å². The highest BCUT2D eigenvalue weighted by molar-refractivity contribution is 9.10. The summed E-state index contributed by atoms with van der Waals surface area (Å²) in [6.07, 6.45) is 8.99. The van der Waals surface area contributed by atoms with Crippen LogP contribution in [0.1, 0.15) is 186 Å². The molecule has 0 aromatic carbocycles. The smallest absolute Gasteiger partial charge is 0.322 e. The van der Waals surface area contributed by atoms with Gasteiger partial charge >= 0.3 is 53.7 Å². The summed E-state index contributed by atoms with van der Waals surface area (Å²) in [6, 6.07) is 0. The van der Waals surface area contributed by atoms with Crippen LogP contribution in [0.5, 0.6) is 0 Å². The van der Waals surface area contributed by atoms with E-state index in [0.29, 0.717) is 13.0 Å². The van der Waals surface area contributed by atoms with Crippen molar-refractivity contribution in [3.8, 4) is 0 Å². The number of thioether (sulfide) groups is 1. The molecule has 0 saturated carbocycles. The highest BCUT2D eigenvalue weighted by atomic mass is 79.9. The number of hydrogen-bond acceptors (Lipinski definition) is 25. The Balaban J connectivity index is 7.30. The van der Waals surface area contributed by atoms with Gasteiger partial charge in [0.15, 0.2) is 0 Å². The second-order valence-electron chi connectivity index (χ2n) is 25.9. The zero-order valence-electron chi connectivity index (χ0n) is 57.9. The fraction of sp³-hybridized carbons (Fsp3) is 0.846. The summed E-state index contributed by atoms with van der Waals surface area (Å²) in [5, 5.41) is 0. The van der Waals surface area contributed by atoms with Gasteiger partial charge < -0.3 is 66.3 Å². The van der Waals surface area contributed by atoms with Crippen LogP contribution in [0.3, 0.4) is 0 Å². The summed E-state index contributed by atoms with van der Waals surface area (Å²) in [6.45, 7) is 17.6. The minimum absolute atomic E-state index is 0.00293. The number of methoxy groups -OCH3 is 4. The first kappa shape index (κ1) is 88.3. The predicted molar refractivity (Wildman–Crippen MR) is 357 cm³/mol. The molecule has 0 aliphatic carbocycles. The third kappa shape index (κ3) is 34.3. The van der Waals surface area contributed by atoms with Gasteiger partial charge in [-0.3, -0.25) is 43.2 Å². The Hall–Kier alpha value is -3.73. The van der Waals surface area contributed by atoms with Gasteiger partial charge in [-0.25, -0.2) is 0 Å². The molecule has 0 amide bonds. The molecular formula is C65H110Br2O23S2.